The number of hydrogen-bond acceptors (Lipinski definition) is 7. The molecule has 0 saturated carbocycles. The maximum absolute atomic E-state index is 13.0. The van der Waals surface area contributed by atoms with Gasteiger partial charge in [0, 0.05) is 62.6 Å². The van der Waals surface area contributed by atoms with Gasteiger partial charge in [0.1, 0.15) is 11.6 Å². The Bertz CT molecular complexity index is 1300. The first kappa shape index (κ1) is 24.6. The van der Waals surface area contributed by atoms with Gasteiger partial charge in [0.25, 0.3) is 0 Å². The summed E-state index contributed by atoms with van der Waals surface area (Å²) in [6.45, 7) is 2.72. The molecule has 2 aliphatic rings. The molecule has 4 heterocycles. The molecule has 0 bridgehead atoms. The number of rotatable bonds is 6. The highest BCUT2D eigenvalue weighted by Gasteiger charge is 2.32. The molecule has 1 unspecified atom stereocenters. The van der Waals surface area contributed by atoms with Crippen molar-refractivity contribution in [2.24, 2.45) is 0 Å². The molecule has 1 atom stereocenters. The Hall–Kier alpha value is -4.09. The Balaban J connectivity index is 1.27. The number of carbonyl (C=O) groups excluding carboxylic acids is 1. The van der Waals surface area contributed by atoms with E-state index in [0.29, 0.717) is 43.1 Å². The summed E-state index contributed by atoms with van der Waals surface area (Å²) < 4.78 is 43.9. The smallest absolute Gasteiger partial charge is 0.406 e. The van der Waals surface area contributed by atoms with E-state index in [4.69, 9.17) is 0 Å². The van der Waals surface area contributed by atoms with Crippen LogP contribution in [0.25, 0.3) is 5.65 Å². The third-order valence-electron chi connectivity index (χ3n) is 6.43. The topological polar surface area (TPSA) is 87.9 Å². The molecule has 194 valence electrons. The van der Waals surface area contributed by atoms with Gasteiger partial charge >= 0.3 is 6.36 Å². The number of piperazine rings is 1. The number of amides is 1. The van der Waals surface area contributed by atoms with E-state index in [1.807, 2.05) is 17.0 Å². The minimum absolute atomic E-state index is 0.0386. The highest BCUT2D eigenvalue weighted by molar-refractivity contribution is 5.81. The lowest BCUT2D eigenvalue weighted by Gasteiger charge is -2.36. The van der Waals surface area contributed by atoms with Gasteiger partial charge in [0.15, 0.2) is 5.65 Å². The van der Waals surface area contributed by atoms with Crippen LogP contribution in [-0.2, 0) is 9.53 Å². The average molecular weight is 514 g/mol. The monoisotopic (exact) mass is 513 g/mol. The summed E-state index contributed by atoms with van der Waals surface area (Å²) in [6, 6.07) is 3.91. The van der Waals surface area contributed by atoms with Gasteiger partial charge in [-0.15, -0.1) is 13.2 Å². The molecule has 3 aromatic heterocycles. The number of fused-ring (bicyclic) bond motifs is 1. The number of alkyl halides is 3. The summed E-state index contributed by atoms with van der Waals surface area (Å²) in [7, 11) is 0. The molecule has 1 aliphatic carbocycles. The highest BCUT2D eigenvalue weighted by Crippen LogP contribution is 2.33. The number of nitrogens with zero attached hydrogens (tertiary/aromatic N) is 6. The SMILES string of the molecule is O=C(CNc1c(C2C=CC(OC(F)(F)F)=CCC2)nc2cnccn12)N1CCN(c2ccncc2)CC1. The lowest BCUT2D eigenvalue weighted by molar-refractivity contribution is -0.303. The van der Waals surface area contributed by atoms with Gasteiger partial charge in [-0.25, -0.2) is 4.98 Å². The minimum Gasteiger partial charge on any atom is -0.406 e. The van der Waals surface area contributed by atoms with Crippen molar-refractivity contribution in [3.05, 3.63) is 72.8 Å². The largest absolute Gasteiger partial charge is 0.573 e. The Morgan fingerprint density at radius 3 is 2.65 bits per heavy atom. The summed E-state index contributed by atoms with van der Waals surface area (Å²) in [5, 5.41) is 3.24. The van der Waals surface area contributed by atoms with Gasteiger partial charge < -0.3 is 19.9 Å². The number of aromatic nitrogens is 4. The minimum atomic E-state index is -4.75. The Labute approximate surface area is 211 Å². The van der Waals surface area contributed by atoms with Crippen LogP contribution in [0.4, 0.5) is 24.7 Å². The van der Waals surface area contributed by atoms with Crippen LogP contribution in [-0.4, -0.2) is 69.2 Å². The molecule has 12 heteroatoms. The van der Waals surface area contributed by atoms with Crippen LogP contribution >= 0.6 is 0 Å². The first-order valence-electron chi connectivity index (χ1n) is 12.0. The summed E-state index contributed by atoms with van der Waals surface area (Å²) in [5.74, 6) is 0.0716. The molecular weight excluding hydrogens is 487 g/mol. The van der Waals surface area contributed by atoms with Crippen molar-refractivity contribution in [3.63, 3.8) is 0 Å². The van der Waals surface area contributed by atoms with Crippen LogP contribution in [0.15, 0.2) is 67.1 Å². The molecule has 1 amide bonds. The van der Waals surface area contributed by atoms with Gasteiger partial charge in [-0.1, -0.05) is 6.08 Å². The van der Waals surface area contributed by atoms with Crippen LogP contribution in [0.1, 0.15) is 24.5 Å². The van der Waals surface area contributed by atoms with Crippen molar-refractivity contribution < 1.29 is 22.7 Å². The number of anilines is 2. The first-order chi connectivity index (χ1) is 17.9. The second-order valence-electron chi connectivity index (χ2n) is 8.77. The second kappa shape index (κ2) is 10.5. The fourth-order valence-electron chi connectivity index (χ4n) is 4.62. The lowest BCUT2D eigenvalue weighted by atomic mass is 10.00. The summed E-state index contributed by atoms with van der Waals surface area (Å²) in [6.07, 6.45) is 9.04. The Morgan fingerprint density at radius 2 is 1.89 bits per heavy atom. The van der Waals surface area contributed by atoms with Crippen molar-refractivity contribution in [3.8, 4) is 0 Å². The van der Waals surface area contributed by atoms with Crippen LogP contribution in [0.5, 0.6) is 0 Å². The van der Waals surface area contributed by atoms with E-state index in [2.05, 4.69) is 29.9 Å². The number of allylic oxidation sites excluding steroid dienone is 3. The van der Waals surface area contributed by atoms with E-state index in [0.717, 1.165) is 18.8 Å². The molecule has 0 radical (unpaired) electrons. The lowest BCUT2D eigenvalue weighted by Crippen LogP contribution is -2.50. The number of pyridine rings is 1. The van der Waals surface area contributed by atoms with E-state index in [-0.39, 0.29) is 24.1 Å². The number of ether oxygens (including phenoxy) is 1. The van der Waals surface area contributed by atoms with Gasteiger partial charge in [0.05, 0.1) is 18.4 Å². The second-order valence-corrected chi connectivity index (χ2v) is 8.77. The zero-order valence-corrected chi connectivity index (χ0v) is 19.9. The van der Waals surface area contributed by atoms with Crippen LogP contribution < -0.4 is 10.2 Å². The van der Waals surface area contributed by atoms with Gasteiger partial charge in [-0.05, 0) is 37.1 Å². The summed E-state index contributed by atoms with van der Waals surface area (Å²) >= 11 is 0. The zero-order chi connectivity index (χ0) is 25.8. The molecule has 9 nitrogen and oxygen atoms in total. The van der Waals surface area contributed by atoms with Crippen LogP contribution in [0.2, 0.25) is 0 Å². The van der Waals surface area contributed by atoms with Crippen LogP contribution in [0.3, 0.4) is 0 Å². The first-order valence-corrected chi connectivity index (χ1v) is 12.0. The standard InChI is InChI=1S/C25H26F3N7O2/c26-25(27,28)37-20-3-1-2-18(4-5-20)23-24(35-11-10-30-16-21(35)32-23)31-17-22(36)34-14-12-33(13-15-34)19-6-8-29-9-7-19/h3-11,16,18,31H,1-2,12-15,17H2. The number of hydrogen-bond donors (Lipinski definition) is 1. The van der Waals surface area contributed by atoms with E-state index in [1.54, 1.807) is 41.5 Å². The Kier molecular flexibility index (Phi) is 6.97. The summed E-state index contributed by atoms with van der Waals surface area (Å²) in [5.41, 5.74) is 2.30. The maximum atomic E-state index is 13.0. The molecule has 3 aromatic rings. The quantitative estimate of drug-likeness (QED) is 0.537. The molecule has 1 N–H and O–H groups in total. The summed E-state index contributed by atoms with van der Waals surface area (Å²) in [4.78, 5) is 29.9. The fourth-order valence-corrected chi connectivity index (χ4v) is 4.62. The predicted octanol–water partition coefficient (Wildman–Crippen LogP) is 3.74. The van der Waals surface area contributed by atoms with Crippen molar-refractivity contribution in [2.45, 2.75) is 25.1 Å². The molecule has 0 spiro atoms. The number of halogens is 3. The zero-order valence-electron chi connectivity index (χ0n) is 19.9. The molecule has 0 aromatic carbocycles. The van der Waals surface area contributed by atoms with Crippen LogP contribution in [0, 0.1) is 0 Å². The van der Waals surface area contributed by atoms with Crippen molar-refractivity contribution in [2.75, 3.05) is 42.9 Å². The molecule has 37 heavy (non-hydrogen) atoms. The average Bonchev–Trinajstić information content (AvgIpc) is 3.11. The van der Waals surface area contributed by atoms with Crippen molar-refractivity contribution in [1.82, 2.24) is 24.3 Å². The maximum Gasteiger partial charge on any atom is 0.573 e. The number of nitrogens with one attached hydrogen (secondary N) is 1. The third kappa shape index (κ3) is 5.84. The predicted molar refractivity (Wildman–Crippen MR) is 131 cm³/mol. The molecule has 1 fully saturated rings. The molecule has 5 rings (SSSR count). The van der Waals surface area contributed by atoms with E-state index >= 15 is 0 Å². The van der Waals surface area contributed by atoms with E-state index in [9.17, 15) is 18.0 Å². The highest BCUT2D eigenvalue weighted by atomic mass is 19.4. The molecular formula is C25H26F3N7O2. The fraction of sp³-hybridized carbons (Fsp3) is 0.360. The number of imidazole rings is 1. The van der Waals surface area contributed by atoms with Gasteiger partial charge in [-0.2, -0.15) is 0 Å². The Morgan fingerprint density at radius 1 is 1.11 bits per heavy atom. The van der Waals surface area contributed by atoms with E-state index < -0.39 is 6.36 Å². The number of carbonyl (C=O) groups is 1. The normalized spacial score (nSPS) is 18.5. The van der Waals surface area contributed by atoms with E-state index in [1.165, 1.54) is 12.2 Å². The van der Waals surface area contributed by atoms with Gasteiger partial charge in [0.2, 0.25) is 5.91 Å². The van der Waals surface area contributed by atoms with Crippen molar-refractivity contribution in [1.29, 1.82) is 0 Å². The van der Waals surface area contributed by atoms with Crippen molar-refractivity contribution >= 4 is 23.1 Å². The van der Waals surface area contributed by atoms with Gasteiger partial charge in [-0.3, -0.25) is 19.2 Å². The molecule has 1 aliphatic heterocycles. The third-order valence-corrected chi connectivity index (χ3v) is 6.43. The molecule has 1 saturated heterocycles.